The summed E-state index contributed by atoms with van der Waals surface area (Å²) in [5.74, 6) is -1.48. The third-order valence-corrected chi connectivity index (χ3v) is 10.3. The van der Waals surface area contributed by atoms with Crippen LogP contribution in [0.15, 0.2) is 47.4 Å². The van der Waals surface area contributed by atoms with Crippen molar-refractivity contribution in [3.05, 3.63) is 64.7 Å². The van der Waals surface area contributed by atoms with E-state index < -0.39 is 50.3 Å². The highest BCUT2D eigenvalue weighted by Gasteiger charge is 2.60. The largest absolute Gasteiger partial charge is 0.441 e. The van der Waals surface area contributed by atoms with E-state index in [9.17, 15) is 17.6 Å². The van der Waals surface area contributed by atoms with Gasteiger partial charge >= 0.3 is 6.09 Å². The Morgan fingerprint density at radius 2 is 1.82 bits per heavy atom. The summed E-state index contributed by atoms with van der Waals surface area (Å²) < 4.78 is 65.0. The summed E-state index contributed by atoms with van der Waals surface area (Å²) in [7, 11) is -4.44. The number of carbonyl (C=O) groups is 1. The number of piperidine rings is 1. The molecule has 3 aliphatic rings. The quantitative estimate of drug-likeness (QED) is 0.479. The van der Waals surface area contributed by atoms with Crippen LogP contribution in [0.25, 0.3) is 0 Å². The molecule has 1 N–H and O–H groups in total. The van der Waals surface area contributed by atoms with Crippen LogP contribution in [-0.4, -0.2) is 84.7 Å². The molecule has 2 heterocycles. The van der Waals surface area contributed by atoms with Crippen molar-refractivity contribution < 1.29 is 31.8 Å². The minimum absolute atomic E-state index is 0.0670. The van der Waals surface area contributed by atoms with E-state index in [1.54, 1.807) is 11.0 Å². The number of benzene rings is 2. The van der Waals surface area contributed by atoms with Gasteiger partial charge in [0.2, 0.25) is 10.0 Å². The lowest BCUT2D eigenvalue weighted by Gasteiger charge is -2.45. The van der Waals surface area contributed by atoms with E-state index in [1.807, 2.05) is 0 Å². The maximum atomic E-state index is 15.0. The van der Waals surface area contributed by atoms with Gasteiger partial charge in [0.15, 0.2) is 0 Å². The van der Waals surface area contributed by atoms with E-state index in [1.165, 1.54) is 28.6 Å². The van der Waals surface area contributed by atoms with Crippen LogP contribution >= 0.6 is 11.6 Å². The van der Waals surface area contributed by atoms with Gasteiger partial charge in [0, 0.05) is 44.4 Å². The first-order chi connectivity index (χ1) is 19.1. The Hall–Kier alpha value is -2.31. The number of hydrogen-bond acceptors (Lipinski definition) is 6. The topological polar surface area (TPSA) is 90.4 Å². The van der Waals surface area contributed by atoms with Crippen molar-refractivity contribution in [3.8, 4) is 0 Å². The van der Waals surface area contributed by atoms with Gasteiger partial charge in [-0.2, -0.15) is 4.31 Å². The first-order valence-electron chi connectivity index (χ1n) is 13.7. The molecule has 1 aliphatic carbocycles. The number of ether oxygens (including phenoxy) is 1. The van der Waals surface area contributed by atoms with Crippen molar-refractivity contribution in [1.82, 2.24) is 14.1 Å². The molecule has 40 heavy (non-hydrogen) atoms. The molecule has 2 aromatic carbocycles. The van der Waals surface area contributed by atoms with Crippen LogP contribution in [0.4, 0.5) is 13.6 Å². The molecule has 8 nitrogen and oxygen atoms in total. The molecular weight excluding hydrogens is 564 g/mol. The average Bonchev–Trinajstić information content (AvgIpc) is 3.72. The number of aliphatic hydroxyl groups is 1. The number of nitrogens with zero attached hydrogens (tertiary/aromatic N) is 3. The number of hydrogen-bond donors (Lipinski definition) is 1. The summed E-state index contributed by atoms with van der Waals surface area (Å²) in [6.07, 6.45) is 2.58. The van der Waals surface area contributed by atoms with Gasteiger partial charge in [0.25, 0.3) is 0 Å². The van der Waals surface area contributed by atoms with Crippen molar-refractivity contribution in [2.24, 2.45) is 0 Å². The van der Waals surface area contributed by atoms with Crippen molar-refractivity contribution in [1.29, 1.82) is 0 Å². The standard InChI is InChI=1S/C28H34ClF2N3O5S/c29-21-8-9-25(23(31)19-21)40(37,38)34-24(20-4-1-5-22(30)18-20)6-2-7-26(34)28(10-11-28)39-27(36)33-15-13-32(14-16-33)12-3-17-35/h1,4-5,8-9,18-19,24,26,35H,2-3,6-7,10-17H2/t24-,26+/m0/s1. The lowest BCUT2D eigenvalue weighted by Crippen LogP contribution is -2.55. The first kappa shape index (κ1) is 29.2. The molecule has 0 aromatic heterocycles. The van der Waals surface area contributed by atoms with E-state index >= 15 is 4.39 Å². The van der Waals surface area contributed by atoms with E-state index in [0.717, 1.165) is 18.7 Å². The molecule has 218 valence electrons. The third-order valence-electron chi connectivity index (χ3n) is 8.16. The lowest BCUT2D eigenvalue weighted by molar-refractivity contribution is -0.0142. The Labute approximate surface area is 238 Å². The molecule has 2 atom stereocenters. The van der Waals surface area contributed by atoms with Crippen LogP contribution < -0.4 is 0 Å². The van der Waals surface area contributed by atoms with Gasteiger partial charge in [0.05, 0.1) is 12.1 Å². The van der Waals surface area contributed by atoms with Gasteiger partial charge in [-0.25, -0.2) is 22.0 Å². The highest BCUT2D eigenvalue weighted by Crippen LogP contribution is 2.52. The number of halogens is 3. The Balaban J connectivity index is 1.44. The minimum atomic E-state index is -4.44. The number of sulfonamides is 1. The molecule has 0 unspecified atom stereocenters. The maximum absolute atomic E-state index is 15.0. The normalized spacial score (nSPS) is 23.6. The Bertz CT molecular complexity index is 1330. The second-order valence-corrected chi connectivity index (χ2v) is 13.0. The molecule has 12 heteroatoms. The van der Waals surface area contributed by atoms with Gasteiger partial charge in [-0.15, -0.1) is 0 Å². The highest BCUT2D eigenvalue weighted by molar-refractivity contribution is 7.89. The number of carbonyl (C=O) groups excluding carboxylic acids is 1. The Morgan fingerprint density at radius 3 is 2.48 bits per heavy atom. The predicted molar refractivity (Wildman–Crippen MR) is 145 cm³/mol. The zero-order valence-corrected chi connectivity index (χ0v) is 23.7. The molecule has 2 saturated heterocycles. The number of piperazine rings is 1. The number of aliphatic hydroxyl groups excluding tert-OH is 1. The second kappa shape index (κ2) is 11.9. The summed E-state index contributed by atoms with van der Waals surface area (Å²) in [5.41, 5.74) is -0.587. The highest BCUT2D eigenvalue weighted by atomic mass is 35.5. The van der Waals surface area contributed by atoms with Crippen molar-refractivity contribution in [3.63, 3.8) is 0 Å². The SMILES string of the molecule is O=C(OC1([C@H]2CCC[C@@H](c3cccc(F)c3)N2S(=O)(=O)c2ccc(Cl)cc2F)CC1)N1CCN(CCCO)CC1. The summed E-state index contributed by atoms with van der Waals surface area (Å²) in [6, 6.07) is 7.69. The molecule has 1 amide bonds. The molecule has 0 bridgehead atoms. The Morgan fingerprint density at radius 1 is 1.07 bits per heavy atom. The fraction of sp³-hybridized carbons (Fsp3) is 0.536. The summed E-state index contributed by atoms with van der Waals surface area (Å²) in [6.45, 7) is 3.11. The predicted octanol–water partition coefficient (Wildman–Crippen LogP) is 4.57. The fourth-order valence-electron chi connectivity index (χ4n) is 5.94. The fourth-order valence-corrected chi connectivity index (χ4v) is 8.07. The molecule has 2 aromatic rings. The second-order valence-electron chi connectivity index (χ2n) is 10.8. The van der Waals surface area contributed by atoms with Gasteiger partial charge in [0.1, 0.15) is 22.1 Å². The van der Waals surface area contributed by atoms with Crippen LogP contribution in [0.5, 0.6) is 0 Å². The zero-order valence-electron chi connectivity index (χ0n) is 22.1. The molecule has 5 rings (SSSR count). The first-order valence-corrected chi connectivity index (χ1v) is 15.5. The molecule has 2 aliphatic heterocycles. The van der Waals surface area contributed by atoms with Gasteiger partial charge in [-0.05, 0) is 74.4 Å². The monoisotopic (exact) mass is 597 g/mol. The van der Waals surface area contributed by atoms with Gasteiger partial charge in [-0.3, -0.25) is 4.90 Å². The van der Waals surface area contributed by atoms with Crippen molar-refractivity contribution in [2.45, 2.75) is 61.1 Å². The minimum Gasteiger partial charge on any atom is -0.441 e. The van der Waals surface area contributed by atoms with Crippen LogP contribution in [0.1, 0.15) is 50.1 Å². The van der Waals surface area contributed by atoms with Crippen LogP contribution in [0, 0.1) is 11.6 Å². The van der Waals surface area contributed by atoms with Crippen LogP contribution in [0.3, 0.4) is 0 Å². The molecule has 3 fully saturated rings. The summed E-state index contributed by atoms with van der Waals surface area (Å²) >= 11 is 5.90. The molecular formula is C28H34ClF2N3O5S. The maximum Gasteiger partial charge on any atom is 0.410 e. The van der Waals surface area contributed by atoms with E-state index in [-0.39, 0.29) is 11.6 Å². The van der Waals surface area contributed by atoms with E-state index in [0.29, 0.717) is 70.3 Å². The Kier molecular flexibility index (Phi) is 8.68. The van der Waals surface area contributed by atoms with Crippen LogP contribution in [0.2, 0.25) is 5.02 Å². The van der Waals surface area contributed by atoms with Gasteiger partial charge in [-0.1, -0.05) is 23.7 Å². The molecule has 1 saturated carbocycles. The molecule has 0 radical (unpaired) electrons. The third kappa shape index (κ3) is 5.99. The average molecular weight is 598 g/mol. The zero-order chi connectivity index (χ0) is 28.5. The smallest absolute Gasteiger partial charge is 0.410 e. The van der Waals surface area contributed by atoms with Crippen molar-refractivity contribution >= 4 is 27.7 Å². The van der Waals surface area contributed by atoms with Crippen LogP contribution in [-0.2, 0) is 14.8 Å². The molecule has 0 spiro atoms. The van der Waals surface area contributed by atoms with E-state index in [2.05, 4.69) is 4.90 Å². The van der Waals surface area contributed by atoms with Gasteiger partial charge < -0.3 is 14.7 Å². The van der Waals surface area contributed by atoms with E-state index in [4.69, 9.17) is 21.4 Å². The summed E-state index contributed by atoms with van der Waals surface area (Å²) in [4.78, 5) is 16.6. The summed E-state index contributed by atoms with van der Waals surface area (Å²) in [5, 5.41) is 9.14. The number of rotatable bonds is 8. The lowest BCUT2D eigenvalue weighted by atomic mass is 9.90. The van der Waals surface area contributed by atoms with Crippen molar-refractivity contribution in [2.75, 3.05) is 39.3 Å². The number of amides is 1.